The minimum atomic E-state index is -0.429. The minimum Gasteiger partial charge on any atom is -0.379 e. The number of anilines is 1. The number of aromatic nitrogens is 6. The van der Waals surface area contributed by atoms with Gasteiger partial charge in [-0.15, -0.1) is 0 Å². The van der Waals surface area contributed by atoms with Crippen LogP contribution in [0.15, 0.2) is 41.5 Å². The van der Waals surface area contributed by atoms with Crippen LogP contribution < -0.4 is 5.73 Å². The molecular formula is C14H10FN7O. The minimum absolute atomic E-state index is 0.0891. The van der Waals surface area contributed by atoms with Crippen molar-refractivity contribution in [3.63, 3.8) is 0 Å². The first-order chi connectivity index (χ1) is 11.2. The zero-order valence-electron chi connectivity index (χ0n) is 11.7. The van der Waals surface area contributed by atoms with Crippen LogP contribution in [0.4, 0.5) is 10.2 Å². The van der Waals surface area contributed by atoms with Gasteiger partial charge in [0.25, 0.3) is 0 Å². The van der Waals surface area contributed by atoms with Gasteiger partial charge in [0.05, 0.1) is 12.1 Å². The number of fused-ring (bicyclic) bond motifs is 1. The first-order valence-corrected chi connectivity index (χ1v) is 6.71. The van der Waals surface area contributed by atoms with Crippen molar-refractivity contribution < 1.29 is 9.02 Å². The maximum absolute atomic E-state index is 14.1. The van der Waals surface area contributed by atoms with E-state index in [2.05, 4.69) is 29.9 Å². The fourth-order valence-corrected chi connectivity index (χ4v) is 2.40. The Morgan fingerprint density at radius 1 is 1.17 bits per heavy atom. The van der Waals surface area contributed by atoms with Crippen molar-refractivity contribution in [3.8, 4) is 11.5 Å². The van der Waals surface area contributed by atoms with Crippen molar-refractivity contribution in [1.29, 1.82) is 0 Å². The Labute approximate surface area is 128 Å². The second-order valence-electron chi connectivity index (χ2n) is 4.87. The number of para-hydroxylation sites is 1. The van der Waals surface area contributed by atoms with Gasteiger partial charge < -0.3 is 10.3 Å². The lowest BCUT2D eigenvalue weighted by atomic mass is 10.3. The molecule has 4 rings (SSSR count). The summed E-state index contributed by atoms with van der Waals surface area (Å²) < 4.78 is 20.5. The lowest BCUT2D eigenvalue weighted by molar-refractivity contribution is 0.310. The molecule has 0 aliphatic rings. The molecule has 0 atom stereocenters. The van der Waals surface area contributed by atoms with E-state index in [1.807, 2.05) is 0 Å². The van der Waals surface area contributed by atoms with Crippen LogP contribution in [-0.4, -0.2) is 29.8 Å². The fourth-order valence-electron chi connectivity index (χ4n) is 2.40. The second kappa shape index (κ2) is 5.13. The highest BCUT2D eigenvalue weighted by molar-refractivity contribution is 5.82. The van der Waals surface area contributed by atoms with Crippen LogP contribution in [0.2, 0.25) is 0 Å². The summed E-state index contributed by atoms with van der Waals surface area (Å²) in [4.78, 5) is 12.3. The zero-order valence-corrected chi connectivity index (χ0v) is 11.7. The molecule has 114 valence electrons. The van der Waals surface area contributed by atoms with Crippen LogP contribution in [0.25, 0.3) is 22.6 Å². The molecule has 4 aromatic rings. The Balaban J connectivity index is 1.96. The Kier molecular flexibility index (Phi) is 2.97. The molecule has 0 bridgehead atoms. The number of benzene rings is 1. The molecule has 0 aliphatic heterocycles. The van der Waals surface area contributed by atoms with Gasteiger partial charge in [-0.25, -0.2) is 24.0 Å². The zero-order chi connectivity index (χ0) is 15.8. The number of nitrogen functional groups attached to an aromatic ring is 1. The van der Waals surface area contributed by atoms with Gasteiger partial charge in [-0.1, -0.05) is 6.07 Å². The molecule has 0 saturated heterocycles. The lowest BCUT2D eigenvalue weighted by Crippen LogP contribution is -2.04. The molecule has 0 spiro atoms. The van der Waals surface area contributed by atoms with E-state index in [1.165, 1.54) is 12.4 Å². The van der Waals surface area contributed by atoms with Gasteiger partial charge in [-0.2, -0.15) is 0 Å². The van der Waals surface area contributed by atoms with E-state index in [4.69, 9.17) is 5.73 Å². The molecule has 0 aliphatic carbocycles. The van der Waals surface area contributed by atoms with Gasteiger partial charge >= 0.3 is 0 Å². The van der Waals surface area contributed by atoms with Crippen molar-refractivity contribution in [1.82, 2.24) is 29.8 Å². The van der Waals surface area contributed by atoms with Gasteiger partial charge in [-0.3, -0.25) is 0 Å². The molecule has 9 heteroatoms. The quantitative estimate of drug-likeness (QED) is 0.612. The fraction of sp³-hybridized carbons (Fsp3) is 0.0714. The van der Waals surface area contributed by atoms with Gasteiger partial charge in [0.1, 0.15) is 11.8 Å². The van der Waals surface area contributed by atoms with E-state index in [1.54, 1.807) is 29.1 Å². The van der Waals surface area contributed by atoms with E-state index in [9.17, 15) is 4.39 Å². The van der Waals surface area contributed by atoms with Crippen LogP contribution in [0.5, 0.6) is 0 Å². The molecule has 3 aromatic heterocycles. The average Bonchev–Trinajstić information content (AvgIpc) is 3.13. The Morgan fingerprint density at radius 2 is 2.00 bits per heavy atom. The van der Waals surface area contributed by atoms with Crippen molar-refractivity contribution in [2.45, 2.75) is 6.54 Å². The van der Waals surface area contributed by atoms with Crippen molar-refractivity contribution in [2.75, 3.05) is 5.73 Å². The highest BCUT2D eigenvalue weighted by Crippen LogP contribution is 2.28. The van der Waals surface area contributed by atoms with Crippen LogP contribution >= 0.6 is 0 Å². The van der Waals surface area contributed by atoms with Gasteiger partial charge in [0.2, 0.25) is 0 Å². The number of halogens is 1. The van der Waals surface area contributed by atoms with Gasteiger partial charge in [0.15, 0.2) is 23.2 Å². The van der Waals surface area contributed by atoms with Crippen molar-refractivity contribution in [2.24, 2.45) is 0 Å². The maximum atomic E-state index is 14.1. The standard InChI is InChI=1S/C14H10FN7O/c15-9-2-1-3-10-11(9)19-14(12-13(16)21-23-20-12)22(10)6-8-4-17-7-18-5-8/h1-5,7H,6H2,(H2,16,21). The molecule has 2 N–H and O–H groups in total. The highest BCUT2D eigenvalue weighted by atomic mass is 19.1. The summed E-state index contributed by atoms with van der Waals surface area (Å²) in [5.74, 6) is 0.0285. The van der Waals surface area contributed by atoms with Crippen LogP contribution in [0.1, 0.15) is 5.56 Å². The van der Waals surface area contributed by atoms with Crippen LogP contribution in [0, 0.1) is 5.82 Å². The molecule has 0 unspecified atom stereocenters. The number of imidazole rings is 1. The molecule has 0 radical (unpaired) electrons. The lowest BCUT2D eigenvalue weighted by Gasteiger charge is -2.07. The maximum Gasteiger partial charge on any atom is 0.199 e. The summed E-state index contributed by atoms with van der Waals surface area (Å²) in [5, 5.41) is 7.32. The first-order valence-electron chi connectivity index (χ1n) is 6.71. The van der Waals surface area contributed by atoms with E-state index in [-0.39, 0.29) is 17.0 Å². The van der Waals surface area contributed by atoms with Crippen LogP contribution in [-0.2, 0) is 6.54 Å². The number of nitrogens with zero attached hydrogens (tertiary/aromatic N) is 6. The molecule has 3 heterocycles. The second-order valence-corrected chi connectivity index (χ2v) is 4.87. The Hall–Kier alpha value is -3.36. The van der Waals surface area contributed by atoms with Crippen LogP contribution in [0.3, 0.4) is 0 Å². The largest absolute Gasteiger partial charge is 0.379 e. The number of rotatable bonds is 3. The predicted octanol–water partition coefficient (Wildman–Crippen LogP) is 1.65. The molecule has 8 nitrogen and oxygen atoms in total. The normalized spacial score (nSPS) is 11.2. The third-order valence-corrected chi connectivity index (χ3v) is 3.41. The monoisotopic (exact) mass is 311 g/mol. The molecular weight excluding hydrogens is 301 g/mol. The third kappa shape index (κ3) is 2.18. The summed E-state index contributed by atoms with van der Waals surface area (Å²) in [6.45, 7) is 0.377. The van der Waals surface area contributed by atoms with Gasteiger partial charge in [0, 0.05) is 18.0 Å². The SMILES string of the molecule is Nc1nonc1-c1nc2c(F)cccc2n1Cc1cncnc1. The van der Waals surface area contributed by atoms with E-state index < -0.39 is 5.82 Å². The molecule has 23 heavy (non-hydrogen) atoms. The van der Waals surface area contributed by atoms with Gasteiger partial charge in [-0.05, 0) is 22.4 Å². The average molecular weight is 311 g/mol. The Morgan fingerprint density at radius 3 is 2.74 bits per heavy atom. The van der Waals surface area contributed by atoms with E-state index in [0.717, 1.165) is 5.56 Å². The number of hydrogen-bond donors (Lipinski definition) is 1. The summed E-state index contributed by atoms with van der Waals surface area (Å²) in [6.07, 6.45) is 4.79. The van der Waals surface area contributed by atoms with E-state index >= 15 is 0 Å². The number of nitrogens with two attached hydrogens (primary N) is 1. The topological polar surface area (TPSA) is 109 Å². The summed E-state index contributed by atoms with van der Waals surface area (Å²) in [6, 6.07) is 4.73. The Bertz CT molecular complexity index is 979. The molecule has 0 amide bonds. The predicted molar refractivity (Wildman–Crippen MR) is 78.5 cm³/mol. The highest BCUT2D eigenvalue weighted by Gasteiger charge is 2.20. The first kappa shape index (κ1) is 13.3. The molecule has 0 fully saturated rings. The van der Waals surface area contributed by atoms with Crippen molar-refractivity contribution >= 4 is 16.9 Å². The third-order valence-electron chi connectivity index (χ3n) is 3.41. The molecule has 1 aromatic carbocycles. The van der Waals surface area contributed by atoms with E-state index in [0.29, 0.717) is 17.9 Å². The number of hydrogen-bond acceptors (Lipinski definition) is 7. The smallest absolute Gasteiger partial charge is 0.199 e. The summed E-state index contributed by atoms with van der Waals surface area (Å²) in [5.41, 5.74) is 7.67. The molecule has 0 saturated carbocycles. The summed E-state index contributed by atoms with van der Waals surface area (Å²) in [7, 11) is 0. The summed E-state index contributed by atoms with van der Waals surface area (Å²) >= 11 is 0. The van der Waals surface area contributed by atoms with Crippen molar-refractivity contribution in [3.05, 3.63) is 48.3 Å².